The van der Waals surface area contributed by atoms with Gasteiger partial charge in [0.05, 0.1) is 13.2 Å². The number of carbonyl (C=O) groups is 1. The summed E-state index contributed by atoms with van der Waals surface area (Å²) in [5.41, 5.74) is 0. The topological polar surface area (TPSA) is 35.5 Å². The standard InChI is InChI=1S/C11H20O3/c1-8(2)10-6-9(4-5-14-10)7-11(12)13-3/h8-10H,4-7H2,1-3H3. The minimum absolute atomic E-state index is 0.0978. The highest BCUT2D eigenvalue weighted by molar-refractivity contribution is 5.69. The van der Waals surface area contributed by atoms with Crippen molar-refractivity contribution >= 4 is 5.97 Å². The van der Waals surface area contributed by atoms with Crippen LogP contribution in [0.15, 0.2) is 0 Å². The van der Waals surface area contributed by atoms with Crippen LogP contribution in [0.4, 0.5) is 0 Å². The van der Waals surface area contributed by atoms with Gasteiger partial charge in [-0.3, -0.25) is 4.79 Å². The molecule has 2 atom stereocenters. The van der Waals surface area contributed by atoms with Gasteiger partial charge in [0.15, 0.2) is 0 Å². The van der Waals surface area contributed by atoms with E-state index in [1.54, 1.807) is 0 Å². The molecule has 0 aromatic rings. The van der Waals surface area contributed by atoms with Gasteiger partial charge in [0.2, 0.25) is 0 Å². The fourth-order valence-corrected chi connectivity index (χ4v) is 1.87. The van der Waals surface area contributed by atoms with Crippen LogP contribution in [-0.4, -0.2) is 25.8 Å². The Morgan fingerprint density at radius 2 is 2.29 bits per heavy atom. The summed E-state index contributed by atoms with van der Waals surface area (Å²) in [4.78, 5) is 11.1. The second-order valence-corrected chi connectivity index (χ2v) is 4.32. The number of rotatable bonds is 3. The third kappa shape index (κ3) is 3.29. The SMILES string of the molecule is COC(=O)CC1CCOC(C(C)C)C1. The van der Waals surface area contributed by atoms with Crippen molar-refractivity contribution in [2.75, 3.05) is 13.7 Å². The predicted molar refractivity (Wildman–Crippen MR) is 53.9 cm³/mol. The first-order chi connectivity index (χ1) is 6.63. The van der Waals surface area contributed by atoms with Crippen LogP contribution in [0, 0.1) is 11.8 Å². The lowest BCUT2D eigenvalue weighted by Crippen LogP contribution is -2.30. The quantitative estimate of drug-likeness (QED) is 0.654. The van der Waals surface area contributed by atoms with Crippen LogP contribution in [-0.2, 0) is 14.3 Å². The zero-order valence-electron chi connectivity index (χ0n) is 9.29. The van der Waals surface area contributed by atoms with Crippen molar-refractivity contribution in [1.29, 1.82) is 0 Å². The lowest BCUT2D eigenvalue weighted by atomic mass is 9.88. The van der Waals surface area contributed by atoms with E-state index in [0.717, 1.165) is 19.4 Å². The van der Waals surface area contributed by atoms with E-state index in [1.165, 1.54) is 7.11 Å². The lowest BCUT2D eigenvalue weighted by Gasteiger charge is -2.31. The minimum Gasteiger partial charge on any atom is -0.469 e. The lowest BCUT2D eigenvalue weighted by molar-refractivity contribution is -0.143. The Kier molecular flexibility index (Phi) is 4.39. The van der Waals surface area contributed by atoms with Crippen LogP contribution >= 0.6 is 0 Å². The molecule has 14 heavy (non-hydrogen) atoms. The first-order valence-corrected chi connectivity index (χ1v) is 5.32. The van der Waals surface area contributed by atoms with Gasteiger partial charge in [0, 0.05) is 13.0 Å². The largest absolute Gasteiger partial charge is 0.469 e. The summed E-state index contributed by atoms with van der Waals surface area (Å²) in [6.07, 6.45) is 2.84. The highest BCUT2D eigenvalue weighted by Crippen LogP contribution is 2.27. The molecule has 3 heteroatoms. The highest BCUT2D eigenvalue weighted by Gasteiger charge is 2.26. The third-order valence-electron chi connectivity index (χ3n) is 2.85. The van der Waals surface area contributed by atoms with E-state index in [4.69, 9.17) is 4.74 Å². The third-order valence-corrected chi connectivity index (χ3v) is 2.85. The molecule has 0 bridgehead atoms. The maximum absolute atomic E-state index is 11.1. The van der Waals surface area contributed by atoms with Gasteiger partial charge in [0.25, 0.3) is 0 Å². The number of esters is 1. The van der Waals surface area contributed by atoms with E-state index in [-0.39, 0.29) is 5.97 Å². The zero-order chi connectivity index (χ0) is 10.6. The Balaban J connectivity index is 2.36. The van der Waals surface area contributed by atoms with Crippen molar-refractivity contribution in [3.8, 4) is 0 Å². The molecule has 0 aliphatic carbocycles. The van der Waals surface area contributed by atoms with E-state index in [0.29, 0.717) is 24.4 Å². The van der Waals surface area contributed by atoms with Crippen LogP contribution < -0.4 is 0 Å². The Labute approximate surface area is 85.8 Å². The van der Waals surface area contributed by atoms with Crippen molar-refractivity contribution in [2.45, 2.75) is 39.2 Å². The average molecular weight is 200 g/mol. The molecule has 0 N–H and O–H groups in total. The molecule has 0 saturated carbocycles. The number of hydrogen-bond donors (Lipinski definition) is 0. The normalized spacial score (nSPS) is 27.7. The molecule has 1 aliphatic heterocycles. The van der Waals surface area contributed by atoms with Crippen LogP contribution in [0.2, 0.25) is 0 Å². The summed E-state index contributed by atoms with van der Waals surface area (Å²) in [6.45, 7) is 5.10. The molecular formula is C11H20O3. The van der Waals surface area contributed by atoms with Crippen LogP contribution in [0.1, 0.15) is 33.1 Å². The van der Waals surface area contributed by atoms with Gasteiger partial charge >= 0.3 is 5.97 Å². The van der Waals surface area contributed by atoms with Crippen LogP contribution in [0.5, 0.6) is 0 Å². The molecule has 82 valence electrons. The Morgan fingerprint density at radius 3 is 2.86 bits per heavy atom. The van der Waals surface area contributed by atoms with Crippen LogP contribution in [0.3, 0.4) is 0 Å². The van der Waals surface area contributed by atoms with E-state index in [9.17, 15) is 4.79 Å². The van der Waals surface area contributed by atoms with Gasteiger partial charge < -0.3 is 9.47 Å². The van der Waals surface area contributed by atoms with E-state index in [2.05, 4.69) is 18.6 Å². The summed E-state index contributed by atoms with van der Waals surface area (Å²) >= 11 is 0. The molecule has 0 aromatic heterocycles. The summed E-state index contributed by atoms with van der Waals surface area (Å²) < 4.78 is 10.3. The number of methoxy groups -OCH3 is 1. The van der Waals surface area contributed by atoms with E-state index < -0.39 is 0 Å². The maximum atomic E-state index is 11.1. The summed E-state index contributed by atoms with van der Waals surface area (Å²) in [5.74, 6) is 0.887. The van der Waals surface area contributed by atoms with Crippen LogP contribution in [0.25, 0.3) is 0 Å². The molecule has 1 aliphatic rings. The Bertz CT molecular complexity index is 189. The van der Waals surface area contributed by atoms with Crippen molar-refractivity contribution < 1.29 is 14.3 Å². The van der Waals surface area contributed by atoms with Crippen molar-refractivity contribution in [1.82, 2.24) is 0 Å². The summed E-state index contributed by atoms with van der Waals surface area (Å²) in [5, 5.41) is 0. The molecule has 0 spiro atoms. The van der Waals surface area contributed by atoms with Crippen molar-refractivity contribution in [2.24, 2.45) is 11.8 Å². The number of hydrogen-bond acceptors (Lipinski definition) is 3. The highest BCUT2D eigenvalue weighted by atomic mass is 16.5. The van der Waals surface area contributed by atoms with Gasteiger partial charge in [-0.1, -0.05) is 13.8 Å². The first-order valence-electron chi connectivity index (χ1n) is 5.32. The minimum atomic E-state index is -0.0978. The zero-order valence-corrected chi connectivity index (χ0v) is 9.29. The first kappa shape index (κ1) is 11.5. The molecular weight excluding hydrogens is 180 g/mol. The molecule has 0 radical (unpaired) electrons. The summed E-state index contributed by atoms with van der Waals surface area (Å²) in [6, 6.07) is 0. The predicted octanol–water partition coefficient (Wildman–Crippen LogP) is 2.00. The van der Waals surface area contributed by atoms with Gasteiger partial charge in [-0.25, -0.2) is 0 Å². The Hall–Kier alpha value is -0.570. The molecule has 2 unspecified atom stereocenters. The smallest absolute Gasteiger partial charge is 0.305 e. The van der Waals surface area contributed by atoms with Gasteiger partial charge in [-0.2, -0.15) is 0 Å². The Morgan fingerprint density at radius 1 is 1.57 bits per heavy atom. The van der Waals surface area contributed by atoms with Gasteiger partial charge in [-0.05, 0) is 24.7 Å². The average Bonchev–Trinajstić information content (AvgIpc) is 2.18. The molecule has 0 amide bonds. The second kappa shape index (κ2) is 5.35. The van der Waals surface area contributed by atoms with E-state index >= 15 is 0 Å². The molecule has 1 heterocycles. The molecule has 1 fully saturated rings. The fourth-order valence-electron chi connectivity index (χ4n) is 1.87. The van der Waals surface area contributed by atoms with Crippen molar-refractivity contribution in [3.63, 3.8) is 0 Å². The molecule has 0 aromatic carbocycles. The van der Waals surface area contributed by atoms with Gasteiger partial charge in [0.1, 0.15) is 0 Å². The molecule has 1 rings (SSSR count). The molecule has 1 saturated heterocycles. The van der Waals surface area contributed by atoms with Crippen molar-refractivity contribution in [3.05, 3.63) is 0 Å². The number of carbonyl (C=O) groups excluding carboxylic acids is 1. The fraction of sp³-hybridized carbons (Fsp3) is 0.909. The monoisotopic (exact) mass is 200 g/mol. The van der Waals surface area contributed by atoms with Gasteiger partial charge in [-0.15, -0.1) is 0 Å². The van der Waals surface area contributed by atoms with E-state index in [1.807, 2.05) is 0 Å². The second-order valence-electron chi connectivity index (χ2n) is 4.32. The maximum Gasteiger partial charge on any atom is 0.305 e. The molecule has 3 nitrogen and oxygen atoms in total. The number of ether oxygens (including phenoxy) is 2. The summed E-state index contributed by atoms with van der Waals surface area (Å²) in [7, 11) is 1.45.